The smallest absolute Gasteiger partial charge is 0.304 e. The second-order valence-corrected chi connectivity index (χ2v) is 5.53. The highest BCUT2D eigenvalue weighted by molar-refractivity contribution is 5.66. The second-order valence-electron chi connectivity index (χ2n) is 5.53. The van der Waals surface area contributed by atoms with Gasteiger partial charge in [-0.1, -0.05) is 0 Å². The van der Waals surface area contributed by atoms with Gasteiger partial charge in [0.15, 0.2) is 5.82 Å². The lowest BCUT2D eigenvalue weighted by Crippen LogP contribution is -2.46. The summed E-state index contributed by atoms with van der Waals surface area (Å²) >= 11 is 0. The van der Waals surface area contributed by atoms with Crippen LogP contribution in [-0.2, 0) is 11.3 Å². The molecule has 3 rings (SSSR count). The van der Waals surface area contributed by atoms with Gasteiger partial charge in [-0.15, -0.1) is 5.10 Å². The molecular weight excluding hydrogens is 260 g/mol. The van der Waals surface area contributed by atoms with Crippen molar-refractivity contribution in [2.75, 3.05) is 32.7 Å². The molecular formula is C12H20N6O2. The number of nitrogens with zero attached hydrogens (tertiary/aromatic N) is 6. The maximum Gasteiger partial charge on any atom is 0.304 e. The van der Waals surface area contributed by atoms with Crippen molar-refractivity contribution in [3.8, 4) is 0 Å². The summed E-state index contributed by atoms with van der Waals surface area (Å²) in [7, 11) is 0. The molecule has 0 spiro atoms. The lowest BCUT2D eigenvalue weighted by atomic mass is 10.3. The van der Waals surface area contributed by atoms with E-state index in [-0.39, 0.29) is 6.42 Å². The van der Waals surface area contributed by atoms with E-state index in [1.165, 1.54) is 12.8 Å². The van der Waals surface area contributed by atoms with Crippen molar-refractivity contribution in [1.82, 2.24) is 30.0 Å². The zero-order chi connectivity index (χ0) is 13.9. The first kappa shape index (κ1) is 13.4. The highest BCUT2D eigenvalue weighted by atomic mass is 16.4. The minimum absolute atomic E-state index is 0.222. The summed E-state index contributed by atoms with van der Waals surface area (Å²) in [6, 6.07) is 0.511. The van der Waals surface area contributed by atoms with Gasteiger partial charge in [-0.2, -0.15) is 0 Å². The van der Waals surface area contributed by atoms with E-state index < -0.39 is 5.97 Å². The molecule has 1 saturated carbocycles. The molecule has 8 heteroatoms. The van der Waals surface area contributed by atoms with E-state index in [1.54, 1.807) is 0 Å². The van der Waals surface area contributed by atoms with Gasteiger partial charge < -0.3 is 10.0 Å². The number of rotatable bonds is 6. The molecule has 0 bridgehead atoms. The quantitative estimate of drug-likeness (QED) is 0.758. The Hall–Kier alpha value is -1.54. The van der Waals surface area contributed by atoms with Crippen molar-refractivity contribution in [3.63, 3.8) is 0 Å². The summed E-state index contributed by atoms with van der Waals surface area (Å²) in [5.41, 5.74) is 0. The van der Waals surface area contributed by atoms with E-state index in [4.69, 9.17) is 5.11 Å². The van der Waals surface area contributed by atoms with Gasteiger partial charge in [0.25, 0.3) is 0 Å². The fraction of sp³-hybridized carbons (Fsp3) is 0.833. The highest BCUT2D eigenvalue weighted by Gasteiger charge is 2.28. The first-order chi connectivity index (χ1) is 9.72. The molecule has 1 aromatic heterocycles. The number of hydrogen-bond acceptors (Lipinski definition) is 6. The van der Waals surface area contributed by atoms with Gasteiger partial charge in [-0.25, -0.2) is 4.68 Å². The molecule has 0 aromatic carbocycles. The van der Waals surface area contributed by atoms with Crippen molar-refractivity contribution in [1.29, 1.82) is 0 Å². The molecule has 2 heterocycles. The first-order valence-corrected chi connectivity index (χ1v) is 7.15. The van der Waals surface area contributed by atoms with Crippen LogP contribution in [0.15, 0.2) is 0 Å². The van der Waals surface area contributed by atoms with E-state index in [0.29, 0.717) is 12.6 Å². The summed E-state index contributed by atoms with van der Waals surface area (Å²) in [6.07, 6.45) is 2.59. The van der Waals surface area contributed by atoms with E-state index in [2.05, 4.69) is 25.3 Å². The Morgan fingerprint density at radius 2 is 1.90 bits per heavy atom. The van der Waals surface area contributed by atoms with Crippen molar-refractivity contribution in [2.45, 2.75) is 31.8 Å². The number of carbonyl (C=O) groups is 1. The third-order valence-corrected chi connectivity index (χ3v) is 3.93. The van der Waals surface area contributed by atoms with Gasteiger partial charge in [0.1, 0.15) is 0 Å². The number of tetrazole rings is 1. The Balaban J connectivity index is 1.46. The predicted octanol–water partition coefficient (Wildman–Crippen LogP) is -0.400. The normalized spacial score (nSPS) is 21.2. The van der Waals surface area contributed by atoms with Crippen LogP contribution in [0, 0.1) is 0 Å². The highest BCUT2D eigenvalue weighted by Crippen LogP contribution is 2.34. The predicted molar refractivity (Wildman–Crippen MR) is 70.1 cm³/mol. The molecule has 0 amide bonds. The van der Waals surface area contributed by atoms with Crippen molar-refractivity contribution in [3.05, 3.63) is 5.82 Å². The van der Waals surface area contributed by atoms with E-state index in [0.717, 1.165) is 38.5 Å². The number of hydrogen-bond donors (Lipinski definition) is 1. The lowest BCUT2D eigenvalue weighted by Gasteiger charge is -2.33. The minimum Gasteiger partial charge on any atom is -0.481 e. The summed E-state index contributed by atoms with van der Waals surface area (Å²) in [6.45, 7) is 5.14. The lowest BCUT2D eigenvalue weighted by molar-refractivity contribution is -0.137. The zero-order valence-corrected chi connectivity index (χ0v) is 11.5. The van der Waals surface area contributed by atoms with Crippen LogP contribution in [0.3, 0.4) is 0 Å². The standard InChI is InChI=1S/C12H20N6O2/c19-12(20)3-4-16-5-7-17(8-6-16)9-11-13-14-15-18(11)10-1-2-10/h10H,1-9H2,(H,19,20). The molecule has 0 atom stereocenters. The number of carboxylic acids is 1. The Morgan fingerprint density at radius 3 is 2.55 bits per heavy atom. The third-order valence-electron chi connectivity index (χ3n) is 3.93. The van der Waals surface area contributed by atoms with Crippen LogP contribution in [-0.4, -0.2) is 73.8 Å². The minimum atomic E-state index is -0.726. The number of aromatic nitrogens is 4. The Kier molecular flexibility index (Phi) is 3.93. The number of piperazine rings is 1. The molecule has 0 radical (unpaired) electrons. The van der Waals surface area contributed by atoms with Gasteiger partial charge in [0.2, 0.25) is 0 Å². The molecule has 1 aliphatic carbocycles. The zero-order valence-electron chi connectivity index (χ0n) is 11.5. The van der Waals surface area contributed by atoms with E-state index in [1.807, 2.05) is 4.68 Å². The van der Waals surface area contributed by atoms with Crippen LogP contribution in [0.5, 0.6) is 0 Å². The Bertz CT molecular complexity index is 464. The maximum atomic E-state index is 10.6. The average molecular weight is 280 g/mol. The van der Waals surface area contributed by atoms with Gasteiger partial charge in [-0.05, 0) is 23.3 Å². The monoisotopic (exact) mass is 280 g/mol. The fourth-order valence-electron chi connectivity index (χ4n) is 2.54. The fourth-order valence-corrected chi connectivity index (χ4v) is 2.54. The molecule has 8 nitrogen and oxygen atoms in total. The Labute approximate surface area is 117 Å². The third kappa shape index (κ3) is 3.31. The van der Waals surface area contributed by atoms with Gasteiger partial charge in [0.05, 0.1) is 19.0 Å². The van der Waals surface area contributed by atoms with Crippen LogP contribution in [0.2, 0.25) is 0 Å². The first-order valence-electron chi connectivity index (χ1n) is 7.15. The second kappa shape index (κ2) is 5.84. The summed E-state index contributed by atoms with van der Waals surface area (Å²) in [5, 5.41) is 20.6. The molecule has 0 unspecified atom stereocenters. The topological polar surface area (TPSA) is 87.4 Å². The van der Waals surface area contributed by atoms with Crippen LogP contribution >= 0.6 is 0 Å². The number of carboxylic acid groups (broad SMARTS) is 1. The van der Waals surface area contributed by atoms with Crippen LogP contribution in [0.25, 0.3) is 0 Å². The Morgan fingerprint density at radius 1 is 1.20 bits per heavy atom. The largest absolute Gasteiger partial charge is 0.481 e. The molecule has 1 aliphatic heterocycles. The molecule has 2 fully saturated rings. The van der Waals surface area contributed by atoms with Crippen LogP contribution in [0.1, 0.15) is 31.1 Å². The molecule has 1 aromatic rings. The molecule has 110 valence electrons. The maximum absolute atomic E-state index is 10.6. The van der Waals surface area contributed by atoms with Crippen LogP contribution < -0.4 is 0 Å². The number of aliphatic carboxylic acids is 1. The van der Waals surface area contributed by atoms with E-state index in [9.17, 15) is 4.79 Å². The molecule has 1 N–H and O–H groups in total. The summed E-state index contributed by atoms with van der Waals surface area (Å²) in [4.78, 5) is 15.1. The average Bonchev–Trinajstić information content (AvgIpc) is 3.18. The van der Waals surface area contributed by atoms with Crippen LogP contribution in [0.4, 0.5) is 0 Å². The van der Waals surface area contributed by atoms with Crippen molar-refractivity contribution < 1.29 is 9.90 Å². The van der Waals surface area contributed by atoms with E-state index >= 15 is 0 Å². The van der Waals surface area contributed by atoms with Gasteiger partial charge in [0, 0.05) is 32.7 Å². The van der Waals surface area contributed by atoms with Gasteiger partial charge in [-0.3, -0.25) is 9.69 Å². The molecule has 20 heavy (non-hydrogen) atoms. The van der Waals surface area contributed by atoms with Crippen molar-refractivity contribution in [2.24, 2.45) is 0 Å². The summed E-state index contributed by atoms with van der Waals surface area (Å²) < 4.78 is 1.96. The SMILES string of the molecule is O=C(O)CCN1CCN(Cc2nnnn2C2CC2)CC1. The molecule has 1 saturated heterocycles. The van der Waals surface area contributed by atoms with Gasteiger partial charge >= 0.3 is 5.97 Å². The van der Waals surface area contributed by atoms with Crippen molar-refractivity contribution >= 4 is 5.97 Å². The molecule has 2 aliphatic rings. The summed E-state index contributed by atoms with van der Waals surface area (Å²) in [5.74, 6) is 0.225.